The molecule has 1 unspecified atom stereocenters. The van der Waals surface area contributed by atoms with E-state index in [1.54, 1.807) is 4.90 Å². The van der Waals surface area contributed by atoms with Crippen molar-refractivity contribution in [3.05, 3.63) is 35.4 Å². The van der Waals surface area contributed by atoms with Crippen molar-refractivity contribution in [1.29, 1.82) is 0 Å². The Morgan fingerprint density at radius 1 is 1.47 bits per heavy atom. The molecule has 17 heavy (non-hydrogen) atoms. The Labute approximate surface area is 105 Å². The third-order valence-electron chi connectivity index (χ3n) is 2.93. The van der Waals surface area contributed by atoms with E-state index >= 15 is 0 Å². The summed E-state index contributed by atoms with van der Waals surface area (Å²) >= 11 is 5.23. The van der Waals surface area contributed by atoms with Gasteiger partial charge in [0, 0.05) is 12.6 Å². The summed E-state index contributed by atoms with van der Waals surface area (Å²) in [5.74, 6) is -0.616. The average Bonchev–Trinajstić information content (AvgIpc) is 3.11. The highest BCUT2D eigenvalue weighted by Crippen LogP contribution is 2.29. The Balaban J connectivity index is 2.07. The van der Waals surface area contributed by atoms with Crippen LogP contribution in [0, 0.1) is 6.92 Å². The highest BCUT2D eigenvalue weighted by atomic mass is 35.5. The number of alkyl halides is 2. The van der Waals surface area contributed by atoms with Crippen LogP contribution in [0.1, 0.15) is 24.0 Å². The molecule has 1 saturated carbocycles. The van der Waals surface area contributed by atoms with Crippen molar-refractivity contribution in [2.24, 2.45) is 0 Å². The smallest absolute Gasteiger partial charge is 0.273 e. The van der Waals surface area contributed by atoms with Crippen LogP contribution < -0.4 is 0 Å². The third kappa shape index (κ3) is 3.19. The Kier molecular flexibility index (Phi) is 3.67. The van der Waals surface area contributed by atoms with Crippen LogP contribution in [-0.2, 0) is 11.3 Å². The molecular weight excluding hydrogens is 241 g/mol. The zero-order chi connectivity index (χ0) is 12.4. The lowest BCUT2D eigenvalue weighted by Gasteiger charge is -2.22. The number of hydrogen-bond donors (Lipinski definition) is 0. The Morgan fingerprint density at radius 3 is 2.53 bits per heavy atom. The summed E-state index contributed by atoms with van der Waals surface area (Å²) in [5, 5.41) is 0. The van der Waals surface area contributed by atoms with Crippen molar-refractivity contribution in [2.45, 2.75) is 38.0 Å². The first-order chi connectivity index (χ1) is 8.08. The number of nitrogens with zero attached hydrogens (tertiary/aromatic N) is 1. The van der Waals surface area contributed by atoms with E-state index in [1.807, 2.05) is 31.2 Å². The summed E-state index contributed by atoms with van der Waals surface area (Å²) in [5.41, 5.74) is 0.243. The van der Waals surface area contributed by atoms with Crippen LogP contribution in [0.5, 0.6) is 0 Å². The predicted molar refractivity (Wildman–Crippen MR) is 65.5 cm³/mol. The number of benzene rings is 1. The van der Waals surface area contributed by atoms with E-state index < -0.39 is 11.5 Å². The fraction of sp³-hybridized carbons (Fsp3) is 0.462. The van der Waals surface area contributed by atoms with Gasteiger partial charge in [-0.3, -0.25) is 4.79 Å². The normalized spacial score (nSPS) is 16.6. The van der Waals surface area contributed by atoms with E-state index in [4.69, 9.17) is 11.6 Å². The van der Waals surface area contributed by atoms with E-state index in [1.165, 1.54) is 5.56 Å². The Morgan fingerprint density at radius 2 is 2.06 bits per heavy atom. The van der Waals surface area contributed by atoms with Gasteiger partial charge in [0.25, 0.3) is 11.5 Å². The van der Waals surface area contributed by atoms with Gasteiger partial charge < -0.3 is 4.90 Å². The standard InChI is InChI=1S/C13H15ClFNO/c1-9-2-4-10(5-3-9)8-16(11-6-7-11)13(17)12(14)15/h2-5,11-12H,6-8H2,1H3. The van der Waals surface area contributed by atoms with Crippen molar-refractivity contribution in [3.63, 3.8) is 0 Å². The van der Waals surface area contributed by atoms with Gasteiger partial charge in [0.1, 0.15) is 0 Å². The second-order valence-electron chi connectivity index (χ2n) is 4.48. The number of halogens is 2. The molecule has 92 valence electrons. The van der Waals surface area contributed by atoms with Crippen LogP contribution in [0.25, 0.3) is 0 Å². The van der Waals surface area contributed by atoms with Crippen LogP contribution in [-0.4, -0.2) is 22.5 Å². The lowest BCUT2D eigenvalue weighted by Crippen LogP contribution is -2.36. The van der Waals surface area contributed by atoms with Gasteiger partial charge in [0.05, 0.1) is 0 Å². The molecule has 0 spiro atoms. The highest BCUT2D eigenvalue weighted by molar-refractivity contribution is 6.29. The van der Waals surface area contributed by atoms with Crippen LogP contribution in [0.4, 0.5) is 4.39 Å². The molecule has 0 aliphatic heterocycles. The molecular formula is C13H15ClFNO. The topological polar surface area (TPSA) is 20.3 Å². The summed E-state index contributed by atoms with van der Waals surface area (Å²) in [6.45, 7) is 2.45. The van der Waals surface area contributed by atoms with Gasteiger partial charge in [0.2, 0.25) is 0 Å². The fourth-order valence-electron chi connectivity index (χ4n) is 1.79. The molecule has 2 nitrogen and oxygen atoms in total. The maximum atomic E-state index is 12.9. The first-order valence-electron chi connectivity index (χ1n) is 5.72. The molecule has 0 aromatic heterocycles. The molecule has 1 aliphatic rings. The molecule has 1 aromatic rings. The highest BCUT2D eigenvalue weighted by Gasteiger charge is 2.35. The van der Waals surface area contributed by atoms with Crippen LogP contribution in [0.15, 0.2) is 24.3 Å². The summed E-state index contributed by atoms with van der Waals surface area (Å²) in [4.78, 5) is 13.2. The Hall–Kier alpha value is -1.09. The molecule has 4 heteroatoms. The van der Waals surface area contributed by atoms with Crippen molar-refractivity contribution < 1.29 is 9.18 Å². The second-order valence-corrected chi connectivity index (χ2v) is 4.87. The maximum Gasteiger partial charge on any atom is 0.273 e. The number of carbonyl (C=O) groups is 1. The zero-order valence-electron chi connectivity index (χ0n) is 9.70. The largest absolute Gasteiger partial charge is 0.332 e. The molecule has 1 atom stereocenters. The van der Waals surface area contributed by atoms with E-state index in [9.17, 15) is 9.18 Å². The monoisotopic (exact) mass is 255 g/mol. The minimum absolute atomic E-state index is 0.167. The van der Waals surface area contributed by atoms with Gasteiger partial charge in [-0.15, -0.1) is 0 Å². The lowest BCUT2D eigenvalue weighted by molar-refractivity contribution is -0.134. The predicted octanol–water partition coefficient (Wildman–Crippen LogP) is 3.02. The molecule has 0 heterocycles. The van der Waals surface area contributed by atoms with Gasteiger partial charge in [-0.25, -0.2) is 4.39 Å². The molecule has 2 rings (SSSR count). The van der Waals surface area contributed by atoms with E-state index in [-0.39, 0.29) is 6.04 Å². The number of rotatable bonds is 4. The van der Waals surface area contributed by atoms with Gasteiger partial charge in [0.15, 0.2) is 0 Å². The van der Waals surface area contributed by atoms with Crippen molar-refractivity contribution >= 4 is 17.5 Å². The molecule has 0 radical (unpaired) electrons. The average molecular weight is 256 g/mol. The number of carbonyl (C=O) groups excluding carboxylic acids is 1. The summed E-state index contributed by atoms with van der Waals surface area (Å²) in [6, 6.07) is 8.05. The number of amides is 1. The minimum Gasteiger partial charge on any atom is -0.332 e. The molecule has 0 bridgehead atoms. The number of aryl methyl sites for hydroxylation is 1. The van der Waals surface area contributed by atoms with Crippen molar-refractivity contribution in [3.8, 4) is 0 Å². The first-order valence-corrected chi connectivity index (χ1v) is 6.16. The van der Waals surface area contributed by atoms with Crippen molar-refractivity contribution in [2.75, 3.05) is 0 Å². The lowest BCUT2D eigenvalue weighted by atomic mass is 10.1. The molecule has 1 aromatic carbocycles. The maximum absolute atomic E-state index is 12.9. The summed E-state index contributed by atoms with van der Waals surface area (Å²) < 4.78 is 12.9. The molecule has 1 fully saturated rings. The van der Waals surface area contributed by atoms with Crippen LogP contribution in [0.3, 0.4) is 0 Å². The molecule has 0 N–H and O–H groups in total. The summed E-state index contributed by atoms with van der Waals surface area (Å²) in [7, 11) is 0. The Bertz CT molecular complexity index is 400. The van der Waals surface area contributed by atoms with Gasteiger partial charge >= 0.3 is 0 Å². The zero-order valence-corrected chi connectivity index (χ0v) is 10.5. The van der Waals surface area contributed by atoms with E-state index in [0.717, 1.165) is 18.4 Å². The van der Waals surface area contributed by atoms with Crippen molar-refractivity contribution in [1.82, 2.24) is 4.90 Å². The minimum atomic E-state index is -1.93. The third-order valence-corrected chi connectivity index (χ3v) is 3.12. The quantitative estimate of drug-likeness (QED) is 0.758. The van der Waals surface area contributed by atoms with E-state index in [0.29, 0.717) is 6.54 Å². The summed E-state index contributed by atoms with van der Waals surface area (Å²) in [6.07, 6.45) is 1.89. The SMILES string of the molecule is Cc1ccc(CN(C(=O)C(F)Cl)C2CC2)cc1. The van der Waals surface area contributed by atoms with Gasteiger partial charge in [-0.1, -0.05) is 41.4 Å². The van der Waals surface area contributed by atoms with Crippen LogP contribution >= 0.6 is 11.6 Å². The fourth-order valence-corrected chi connectivity index (χ4v) is 1.91. The second kappa shape index (κ2) is 5.05. The molecule has 0 saturated heterocycles. The van der Waals surface area contributed by atoms with Gasteiger partial charge in [-0.05, 0) is 25.3 Å². The molecule has 1 amide bonds. The van der Waals surface area contributed by atoms with Crippen LogP contribution in [0.2, 0.25) is 0 Å². The van der Waals surface area contributed by atoms with Gasteiger partial charge in [-0.2, -0.15) is 0 Å². The first kappa shape index (κ1) is 12.4. The number of hydrogen-bond acceptors (Lipinski definition) is 1. The van der Waals surface area contributed by atoms with E-state index in [2.05, 4.69) is 0 Å². The molecule has 1 aliphatic carbocycles.